The number of ether oxygens (including phenoxy) is 14. The van der Waals surface area contributed by atoms with E-state index < -0.39 is 175 Å². The molecule has 0 amide bonds. The largest absolute Gasteiger partial charge is 0.458 e. The van der Waals surface area contributed by atoms with E-state index in [4.69, 9.17) is 35.7 Å². The van der Waals surface area contributed by atoms with Gasteiger partial charge >= 0.3 is 138 Å². The molecule has 0 saturated carbocycles. The molecular formula is C66H128F3O42P7Si3. The number of rotatable bonds is 48. The van der Waals surface area contributed by atoms with Gasteiger partial charge in [0, 0.05) is 0 Å². The van der Waals surface area contributed by atoms with E-state index in [9.17, 15) is 112 Å². The highest BCUT2D eigenvalue weighted by Gasteiger charge is 2.54. The Hall–Kier alpha value is -5.65. The van der Waals surface area contributed by atoms with Crippen LogP contribution in [0.4, 0.5) is 80.3 Å². The van der Waals surface area contributed by atoms with E-state index in [1.807, 2.05) is 33.9 Å². The van der Waals surface area contributed by atoms with Crippen LogP contribution >= 0.6 is 51.6 Å². The van der Waals surface area contributed by atoms with Crippen molar-refractivity contribution in [2.24, 2.45) is 0 Å². The molecular weight excluding hydrogens is 1820 g/mol. The van der Waals surface area contributed by atoms with Gasteiger partial charge in [-0.15, -0.1) is 0 Å². The van der Waals surface area contributed by atoms with Crippen molar-refractivity contribution < 1.29 is 209 Å². The lowest BCUT2D eigenvalue weighted by Gasteiger charge is -2.26. The van der Waals surface area contributed by atoms with Gasteiger partial charge < -0.3 is 97.0 Å². The summed E-state index contributed by atoms with van der Waals surface area (Å²) in [4.78, 5) is 161. The first-order chi connectivity index (χ1) is 55.7. The van der Waals surface area contributed by atoms with Crippen LogP contribution in [0.15, 0.2) is 0 Å². The molecule has 0 aromatic rings. The standard InChI is InChI=1S/C11H23O6PSi.C10H21O6PSi.C10H19O6P.C9H19O6PSi.2C9H17O6P.C8H12F3O6P/c1-6-9-19(4,5)17-18(14,10(12)15-7-2)11(13)16-8-3;1-6-14-9(11)17(13,10(12)15-7-2)16-18(4,5)8-3;1-4-7-8-16-17(13,9(11)14-5-2)10(12)15-6-3;1-6-13-8(10)16(12,9(11)14-7-2)15-17(3,4)5;1-5-13-8(10)16(12,15-7(3)4)9(11)14-6-2;1-4-7-15-16(12,8(10)13-5-2)9(11)14-6-3;1-3-15-6(12)18(14,7(13)16-4-2)17-5-8(9,10)11/h6-9H2,1-5H3;6-8H2,1-5H3;4-8H2,1-3H3;6-7H2,1-5H3;7H,5-6H2,1-4H3;4-7H2,1-3H3;3-5H2,1-2H3. The minimum absolute atomic E-state index is 0.0175. The third-order valence-corrected chi connectivity index (χ3v) is 35.5. The molecule has 121 heavy (non-hydrogen) atoms. The first kappa shape index (κ1) is 128. The Labute approximate surface area is 709 Å². The molecule has 0 aliphatic carbocycles. The highest BCUT2D eigenvalue weighted by Crippen LogP contribution is 2.58. The van der Waals surface area contributed by atoms with E-state index in [0.29, 0.717) is 24.9 Å². The molecule has 0 N–H and O–H groups in total. The molecule has 55 heteroatoms. The van der Waals surface area contributed by atoms with Gasteiger partial charge in [-0.2, -0.15) is 13.2 Å². The van der Waals surface area contributed by atoms with Crippen LogP contribution in [0, 0.1) is 0 Å². The van der Waals surface area contributed by atoms with Crippen LogP contribution in [0.1, 0.15) is 164 Å². The van der Waals surface area contributed by atoms with Crippen molar-refractivity contribution in [2.45, 2.75) is 234 Å². The molecule has 0 fully saturated rings. The molecule has 0 unspecified atom stereocenters. The average molecular weight is 1950 g/mol. The van der Waals surface area contributed by atoms with E-state index in [-0.39, 0.29) is 106 Å². The highest BCUT2D eigenvalue weighted by molar-refractivity contribution is 7.92. The fraction of sp³-hybridized carbons (Fsp3) is 0.788. The van der Waals surface area contributed by atoms with E-state index in [1.54, 1.807) is 137 Å². The summed E-state index contributed by atoms with van der Waals surface area (Å²) in [5, 5.41) is 0. The fourth-order valence-corrected chi connectivity index (χ4v) is 27.2. The molecule has 0 bridgehead atoms. The third-order valence-electron chi connectivity index (χ3n) is 12.0. The Morgan fingerprint density at radius 1 is 0.273 bits per heavy atom. The Kier molecular flexibility index (Phi) is 69.9. The van der Waals surface area contributed by atoms with Gasteiger partial charge in [0.1, 0.15) is 0 Å². The van der Waals surface area contributed by atoms with Gasteiger partial charge in [-0.3, -0.25) is 32.0 Å². The second-order valence-electron chi connectivity index (χ2n) is 24.7. The second kappa shape index (κ2) is 65.9. The van der Waals surface area contributed by atoms with Crippen LogP contribution in [-0.2, 0) is 129 Å². The molecule has 42 nitrogen and oxygen atoms in total. The number of hydrogen-bond acceptors (Lipinski definition) is 42. The molecule has 0 radical (unpaired) electrons. The Morgan fingerprint density at radius 3 is 0.669 bits per heavy atom. The van der Waals surface area contributed by atoms with Gasteiger partial charge in [-0.25, -0.2) is 67.1 Å². The Bertz CT molecular complexity index is 3420. The van der Waals surface area contributed by atoms with Crippen molar-refractivity contribution >= 4 is 156 Å². The van der Waals surface area contributed by atoms with Crippen LogP contribution in [0.5, 0.6) is 0 Å². The molecule has 0 aliphatic heterocycles. The molecule has 0 atom stereocenters. The molecule has 0 saturated heterocycles. The average Bonchev–Trinajstić information content (AvgIpc) is 0.784. The van der Waals surface area contributed by atoms with Crippen molar-refractivity contribution in [3.8, 4) is 0 Å². The molecule has 0 aromatic heterocycles. The minimum atomic E-state index is -4.97. The van der Waals surface area contributed by atoms with E-state index >= 15 is 0 Å². The number of halogens is 3. The van der Waals surface area contributed by atoms with Gasteiger partial charge in [0.25, 0.3) is 0 Å². The quantitative estimate of drug-likeness (QED) is 0.0236. The smallest absolute Gasteiger partial charge is 0.413 e. The topological polar surface area (TPSA) is 552 Å². The fourth-order valence-electron chi connectivity index (χ4n) is 6.88. The summed E-state index contributed by atoms with van der Waals surface area (Å²) in [5.41, 5.74) is -17.0. The zero-order valence-electron chi connectivity index (χ0n) is 74.3. The second-order valence-corrected chi connectivity index (χ2v) is 53.2. The van der Waals surface area contributed by atoms with Crippen LogP contribution in [0.25, 0.3) is 0 Å². The van der Waals surface area contributed by atoms with Gasteiger partial charge in [0.05, 0.1) is 112 Å². The predicted octanol–water partition coefficient (Wildman–Crippen LogP) is 24.0. The number of alkyl halides is 3. The minimum Gasteiger partial charge on any atom is -0.458 e. The monoisotopic (exact) mass is 1950 g/mol. The zero-order chi connectivity index (χ0) is 96.3. The number of hydrogen-bond donors (Lipinski definition) is 0. The lowest BCUT2D eigenvalue weighted by atomic mass is 10.4. The number of carbonyl (C=O) groups excluding carboxylic acids is 14. The van der Waals surface area contributed by atoms with Gasteiger partial charge in [-0.05, 0) is 182 Å². The highest BCUT2D eigenvalue weighted by atomic mass is 31.2. The maximum absolute atomic E-state index is 12.5. The van der Waals surface area contributed by atoms with Gasteiger partial charge in [-0.1, -0.05) is 40.5 Å². The van der Waals surface area contributed by atoms with Crippen molar-refractivity contribution in [1.29, 1.82) is 0 Å². The van der Waals surface area contributed by atoms with Crippen molar-refractivity contribution in [3.05, 3.63) is 0 Å². The summed E-state index contributed by atoms with van der Waals surface area (Å²) in [5.74, 6) is 0. The summed E-state index contributed by atoms with van der Waals surface area (Å²) in [7, 11) is -37.3. The summed E-state index contributed by atoms with van der Waals surface area (Å²) < 4.78 is 219. The van der Waals surface area contributed by atoms with E-state index in [0.717, 1.165) is 12.8 Å². The lowest BCUT2D eigenvalue weighted by Crippen LogP contribution is -2.32. The molecule has 0 spiro atoms. The number of unbranched alkanes of at least 4 members (excludes halogenated alkanes) is 1. The maximum atomic E-state index is 12.5. The van der Waals surface area contributed by atoms with Crippen molar-refractivity contribution in [3.63, 3.8) is 0 Å². The van der Waals surface area contributed by atoms with Crippen molar-refractivity contribution in [2.75, 3.05) is 112 Å². The molecule has 0 aromatic carbocycles. The molecule has 0 heterocycles. The molecule has 0 aliphatic rings. The predicted molar refractivity (Wildman–Crippen MR) is 444 cm³/mol. The summed E-state index contributed by atoms with van der Waals surface area (Å²) in [6, 6.07) is 1.31. The zero-order valence-corrected chi connectivity index (χ0v) is 83.5. The van der Waals surface area contributed by atoms with Crippen LogP contribution in [0.3, 0.4) is 0 Å². The summed E-state index contributed by atoms with van der Waals surface area (Å²) >= 11 is 0. The van der Waals surface area contributed by atoms with Crippen LogP contribution in [0.2, 0.25) is 57.9 Å². The SMILES string of the molecule is CCCCOP(=O)(C(=O)OCC)C(=O)OCC.CCCOP(=O)(C(=O)OCC)C(=O)OCC.CCC[Si](C)(C)OP(=O)(C(=O)OCC)C(=O)OCC.CCOC(=O)P(=O)(OC(C)C)C(=O)OCC.CCOC(=O)P(=O)(OCC(F)(F)F)C(=O)OCC.CCOC(=O)P(=O)(O[Si](C)(C)C)C(=O)OCC.CCOC(=O)P(=O)(O[Si](C)(C)CC)C(=O)OCC. The van der Waals surface area contributed by atoms with E-state index in [1.165, 1.54) is 13.8 Å². The maximum Gasteiger partial charge on any atom is 0.413 e. The molecule has 0 rings (SSSR count). The first-order valence-corrected chi connectivity index (χ1v) is 59.2. The van der Waals surface area contributed by atoms with Crippen LogP contribution in [-0.4, -0.2) is 229 Å². The van der Waals surface area contributed by atoms with Crippen LogP contribution < -0.4 is 0 Å². The lowest BCUT2D eigenvalue weighted by molar-refractivity contribution is -0.152. The van der Waals surface area contributed by atoms with Gasteiger partial charge in [0.2, 0.25) is 0 Å². The Balaban J connectivity index is -0.000000251. The van der Waals surface area contributed by atoms with E-state index in [2.05, 4.69) is 61.4 Å². The Morgan fingerprint density at radius 2 is 0.479 bits per heavy atom. The molecule has 712 valence electrons. The third kappa shape index (κ3) is 50.9. The number of carbonyl (C=O) groups is 14. The summed E-state index contributed by atoms with van der Waals surface area (Å²) in [6.07, 6.45) is -2.63. The van der Waals surface area contributed by atoms with Gasteiger partial charge in [0.15, 0.2) is 31.6 Å². The first-order valence-electron chi connectivity index (χ1n) is 38.2. The summed E-state index contributed by atoms with van der Waals surface area (Å²) in [6.45, 7) is 42.1. The van der Waals surface area contributed by atoms with Crippen molar-refractivity contribution in [1.82, 2.24) is 0 Å². The normalized spacial score (nSPS) is 11.7.